The smallest absolute Gasteiger partial charge is 0.0561 e. The molecule has 0 fully saturated rings. The molecular formula is C60H46N2. The highest BCUT2D eigenvalue weighted by Crippen LogP contribution is 2.57. The molecule has 0 N–H and O–H groups in total. The van der Waals surface area contributed by atoms with Gasteiger partial charge in [0.2, 0.25) is 0 Å². The summed E-state index contributed by atoms with van der Waals surface area (Å²) in [7, 11) is 0. The molecule has 10 aromatic rings. The molecule has 9 aromatic carbocycles. The minimum Gasteiger partial charge on any atom is -0.310 e. The van der Waals surface area contributed by atoms with Crippen molar-refractivity contribution < 1.29 is 0 Å². The summed E-state index contributed by atoms with van der Waals surface area (Å²) in [6.07, 6.45) is 0. The van der Waals surface area contributed by atoms with Crippen LogP contribution in [0.25, 0.3) is 72.0 Å². The predicted molar refractivity (Wildman–Crippen MR) is 261 cm³/mol. The number of anilines is 3. The van der Waals surface area contributed by atoms with E-state index in [1.807, 2.05) is 0 Å². The van der Waals surface area contributed by atoms with Gasteiger partial charge in [0, 0.05) is 44.4 Å². The van der Waals surface area contributed by atoms with Crippen molar-refractivity contribution in [2.75, 3.05) is 4.90 Å². The average molecular weight is 795 g/mol. The summed E-state index contributed by atoms with van der Waals surface area (Å²) in [4.78, 5) is 2.40. The van der Waals surface area contributed by atoms with Gasteiger partial charge < -0.3 is 9.47 Å². The molecule has 0 atom stereocenters. The lowest BCUT2D eigenvalue weighted by molar-refractivity contribution is 0.652. The van der Waals surface area contributed by atoms with E-state index in [-0.39, 0.29) is 10.8 Å². The molecule has 2 aliphatic rings. The van der Waals surface area contributed by atoms with Crippen molar-refractivity contribution in [1.29, 1.82) is 0 Å². The first-order valence-electron chi connectivity index (χ1n) is 21.8. The largest absolute Gasteiger partial charge is 0.310 e. The standard InChI is InChI=1S/C60H46N2/c1-59(2)52-23-13-11-20-47(52)50-37-55-51(38-54(50)59)58-46(22-15-24-53(58)60(55,3)4)41-28-32-44(33-29-41)61(43-30-26-40(27-31-43)39-16-7-5-8-17-39)45-34-35-49-48-21-12-14-25-56(48)62(57(49)36-45)42-18-9-6-10-19-42/h5-38H,1-4H3. The van der Waals surface area contributed by atoms with Crippen LogP contribution in [0.1, 0.15) is 49.9 Å². The Hall–Kier alpha value is -7.42. The van der Waals surface area contributed by atoms with E-state index in [1.54, 1.807) is 0 Å². The van der Waals surface area contributed by atoms with E-state index < -0.39 is 0 Å². The lowest BCUT2D eigenvalue weighted by atomic mass is 9.79. The van der Waals surface area contributed by atoms with Crippen LogP contribution in [0.2, 0.25) is 0 Å². The fourth-order valence-corrected chi connectivity index (χ4v) is 10.8. The van der Waals surface area contributed by atoms with E-state index in [0.29, 0.717) is 0 Å². The van der Waals surface area contributed by atoms with Crippen LogP contribution in [0.3, 0.4) is 0 Å². The SMILES string of the molecule is CC1(C)c2ccccc2-c2cc3c(cc21)-c1c(-c2ccc(N(c4ccc(-c5ccccc5)cc4)c4ccc5c6ccccc6n(-c6ccccc6)c5c4)cc2)cccc1C3(C)C. The van der Waals surface area contributed by atoms with Crippen molar-refractivity contribution in [1.82, 2.24) is 4.57 Å². The molecule has 0 bridgehead atoms. The zero-order chi connectivity index (χ0) is 41.7. The summed E-state index contributed by atoms with van der Waals surface area (Å²) in [5.41, 5.74) is 22.7. The van der Waals surface area contributed by atoms with E-state index in [2.05, 4.69) is 243 Å². The maximum absolute atomic E-state index is 2.53. The molecule has 296 valence electrons. The number of para-hydroxylation sites is 2. The van der Waals surface area contributed by atoms with Gasteiger partial charge in [-0.2, -0.15) is 0 Å². The maximum Gasteiger partial charge on any atom is 0.0561 e. The Kier molecular flexibility index (Phi) is 7.96. The molecule has 12 rings (SSSR count). The third-order valence-corrected chi connectivity index (χ3v) is 14.0. The lowest BCUT2D eigenvalue weighted by Crippen LogP contribution is -2.16. The Labute approximate surface area is 364 Å². The van der Waals surface area contributed by atoms with Crippen LogP contribution >= 0.6 is 0 Å². The summed E-state index contributed by atoms with van der Waals surface area (Å²) in [5, 5.41) is 2.49. The van der Waals surface area contributed by atoms with Crippen LogP contribution in [-0.2, 0) is 10.8 Å². The van der Waals surface area contributed by atoms with Gasteiger partial charge in [-0.25, -0.2) is 0 Å². The topological polar surface area (TPSA) is 8.17 Å². The molecule has 0 saturated carbocycles. The molecule has 62 heavy (non-hydrogen) atoms. The summed E-state index contributed by atoms with van der Waals surface area (Å²) in [6, 6.07) is 76.3. The number of hydrogen-bond donors (Lipinski definition) is 0. The van der Waals surface area contributed by atoms with Gasteiger partial charge in [-0.05, 0) is 133 Å². The first-order valence-corrected chi connectivity index (χ1v) is 21.8. The van der Waals surface area contributed by atoms with Crippen molar-refractivity contribution in [3.05, 3.63) is 229 Å². The molecule has 0 radical (unpaired) electrons. The van der Waals surface area contributed by atoms with Crippen molar-refractivity contribution in [2.45, 2.75) is 38.5 Å². The van der Waals surface area contributed by atoms with Crippen LogP contribution in [0, 0.1) is 0 Å². The fraction of sp³-hybridized carbons (Fsp3) is 0.100. The highest BCUT2D eigenvalue weighted by molar-refractivity contribution is 6.10. The van der Waals surface area contributed by atoms with E-state index in [0.717, 1.165) is 22.7 Å². The lowest BCUT2D eigenvalue weighted by Gasteiger charge is -2.26. The molecule has 0 amide bonds. The van der Waals surface area contributed by atoms with Crippen LogP contribution in [0.4, 0.5) is 17.1 Å². The molecule has 2 nitrogen and oxygen atoms in total. The highest BCUT2D eigenvalue weighted by Gasteiger charge is 2.42. The van der Waals surface area contributed by atoms with E-state index in [9.17, 15) is 0 Å². The van der Waals surface area contributed by atoms with Crippen LogP contribution < -0.4 is 4.90 Å². The van der Waals surface area contributed by atoms with Gasteiger partial charge in [0.25, 0.3) is 0 Å². The first-order chi connectivity index (χ1) is 30.3. The van der Waals surface area contributed by atoms with Crippen molar-refractivity contribution in [2.24, 2.45) is 0 Å². The van der Waals surface area contributed by atoms with Gasteiger partial charge in [0.15, 0.2) is 0 Å². The van der Waals surface area contributed by atoms with Crippen molar-refractivity contribution >= 4 is 38.9 Å². The minimum absolute atomic E-state index is 0.0638. The number of rotatable bonds is 6. The molecular weight excluding hydrogens is 749 g/mol. The molecule has 2 heteroatoms. The van der Waals surface area contributed by atoms with Crippen LogP contribution in [-0.4, -0.2) is 4.57 Å². The third kappa shape index (κ3) is 5.36. The maximum atomic E-state index is 2.53. The van der Waals surface area contributed by atoms with Crippen LogP contribution in [0.5, 0.6) is 0 Å². The second-order valence-corrected chi connectivity index (χ2v) is 18.2. The molecule has 1 aromatic heterocycles. The first kappa shape index (κ1) is 36.4. The normalized spacial score (nSPS) is 14.1. The van der Waals surface area contributed by atoms with Gasteiger partial charge >= 0.3 is 0 Å². The van der Waals surface area contributed by atoms with Crippen molar-refractivity contribution in [3.8, 4) is 50.2 Å². The van der Waals surface area contributed by atoms with Gasteiger partial charge in [-0.15, -0.1) is 0 Å². The van der Waals surface area contributed by atoms with E-state index in [4.69, 9.17) is 0 Å². The van der Waals surface area contributed by atoms with Gasteiger partial charge in [-0.1, -0.05) is 167 Å². The number of benzene rings is 9. The van der Waals surface area contributed by atoms with E-state index >= 15 is 0 Å². The Morgan fingerprint density at radius 3 is 1.63 bits per heavy atom. The Bertz CT molecular complexity index is 3370. The zero-order valence-electron chi connectivity index (χ0n) is 35.5. The van der Waals surface area contributed by atoms with Crippen LogP contribution in [0.15, 0.2) is 206 Å². The Morgan fingerprint density at radius 2 is 0.871 bits per heavy atom. The molecule has 1 heterocycles. The second-order valence-electron chi connectivity index (χ2n) is 18.2. The summed E-state index contributed by atoms with van der Waals surface area (Å²) in [6.45, 7) is 9.57. The fourth-order valence-electron chi connectivity index (χ4n) is 10.8. The average Bonchev–Trinajstić information content (AvgIpc) is 3.86. The van der Waals surface area contributed by atoms with Gasteiger partial charge in [0.1, 0.15) is 0 Å². The Balaban J connectivity index is 1.00. The summed E-state index contributed by atoms with van der Waals surface area (Å²) < 4.78 is 2.40. The molecule has 0 aliphatic heterocycles. The van der Waals surface area contributed by atoms with Gasteiger partial charge in [-0.3, -0.25) is 0 Å². The third-order valence-electron chi connectivity index (χ3n) is 14.0. The van der Waals surface area contributed by atoms with Gasteiger partial charge in [0.05, 0.1) is 11.0 Å². The number of hydrogen-bond acceptors (Lipinski definition) is 1. The van der Waals surface area contributed by atoms with E-state index in [1.165, 1.54) is 88.6 Å². The Morgan fingerprint density at radius 1 is 0.339 bits per heavy atom. The second kappa shape index (κ2) is 13.5. The quantitative estimate of drug-likeness (QED) is 0.163. The number of aromatic nitrogens is 1. The highest BCUT2D eigenvalue weighted by atomic mass is 15.1. The van der Waals surface area contributed by atoms with Crippen molar-refractivity contribution in [3.63, 3.8) is 0 Å². The molecule has 2 aliphatic carbocycles. The minimum atomic E-state index is -0.124. The summed E-state index contributed by atoms with van der Waals surface area (Å²) in [5.74, 6) is 0. The summed E-state index contributed by atoms with van der Waals surface area (Å²) >= 11 is 0. The molecule has 0 spiro atoms. The number of fused-ring (bicyclic) bond motifs is 9. The predicted octanol–water partition coefficient (Wildman–Crippen LogP) is 16.2. The molecule has 0 saturated heterocycles. The zero-order valence-corrected chi connectivity index (χ0v) is 35.5. The molecule has 0 unspecified atom stereocenters. The number of nitrogens with zero attached hydrogens (tertiary/aromatic N) is 2. The monoisotopic (exact) mass is 794 g/mol.